The molecule has 6 aromatic rings. The van der Waals surface area contributed by atoms with E-state index < -0.39 is 0 Å². The molecule has 2 aromatic carbocycles. The van der Waals surface area contributed by atoms with E-state index in [9.17, 15) is 0 Å². The van der Waals surface area contributed by atoms with E-state index in [4.69, 9.17) is 35.9 Å². The van der Waals surface area contributed by atoms with Crippen LogP contribution in [-0.2, 0) is 12.8 Å². The van der Waals surface area contributed by atoms with Crippen LogP contribution in [-0.4, -0.2) is 47.8 Å². The largest absolute Gasteiger partial charge is 0.384 e. The Labute approximate surface area is 341 Å². The Hall–Kier alpha value is -4.12. The maximum absolute atomic E-state index is 5.36. The average molecular weight is 930 g/mol. The normalized spacial score (nSPS) is 9.54. The van der Waals surface area contributed by atoms with Gasteiger partial charge in [-0.25, -0.2) is 19.9 Å². The standard InChI is InChI=1S/C14H14BrN3S.C9H7BrN4S.C8H11N.C5H5BrN2.CH4/c15-12-6-7-13(17-10-12)18-14(19)16-9-8-11-4-2-1-3-5-11;10-7-1-2-8(12-5-7)13-9(15)14-4-3-11-6-14;9-7-6-8-4-2-1-3-5-8;6-4-1-2-5(7)8-3-4;/h1-7,10H,8-9H2,(H2,16,17,18,19);1-6H,(H,12,13,15);1-5H,6-7,9H2;1-3H,(H2,7,8);1H4. The van der Waals surface area contributed by atoms with E-state index in [2.05, 4.69) is 108 Å². The second-order valence-electron chi connectivity index (χ2n) is 10.2. The number of hydrogen-bond acceptors (Lipinski definition) is 8. The quantitative estimate of drug-likeness (QED) is 0.0980. The molecule has 0 spiro atoms. The van der Waals surface area contributed by atoms with Crippen molar-refractivity contribution in [1.29, 1.82) is 0 Å². The lowest BCUT2D eigenvalue weighted by atomic mass is 10.1. The number of nitrogens with two attached hydrogens (primary N) is 2. The van der Waals surface area contributed by atoms with E-state index in [-0.39, 0.29) is 7.43 Å². The van der Waals surface area contributed by atoms with Crippen molar-refractivity contribution in [3.05, 3.63) is 159 Å². The molecule has 15 heteroatoms. The Bertz CT molecular complexity index is 1810. The first-order valence-electron chi connectivity index (χ1n) is 15.4. The SMILES string of the molecule is C.NCCc1ccccc1.Nc1ccc(Br)cn1.S=C(NCCc1ccccc1)Nc1ccc(Br)cn1.S=C(Nc1ccc(Br)cn1)n1ccnc1. The molecular weight excluding hydrogens is 888 g/mol. The molecule has 7 N–H and O–H groups in total. The highest BCUT2D eigenvalue weighted by Crippen LogP contribution is 2.12. The van der Waals surface area contributed by atoms with Crippen molar-refractivity contribution in [3.8, 4) is 0 Å². The molecule has 272 valence electrons. The maximum Gasteiger partial charge on any atom is 0.184 e. The van der Waals surface area contributed by atoms with E-state index in [0.29, 0.717) is 21.9 Å². The summed E-state index contributed by atoms with van der Waals surface area (Å²) >= 11 is 20.2. The van der Waals surface area contributed by atoms with Crippen molar-refractivity contribution in [2.45, 2.75) is 20.3 Å². The van der Waals surface area contributed by atoms with E-state index >= 15 is 0 Å². The Morgan fingerprint density at radius 1 is 0.673 bits per heavy atom. The second kappa shape index (κ2) is 25.8. The monoisotopic (exact) mass is 926 g/mol. The number of hydrogen-bond donors (Lipinski definition) is 5. The zero-order chi connectivity index (χ0) is 36.7. The minimum absolute atomic E-state index is 0. The van der Waals surface area contributed by atoms with Gasteiger partial charge in [0.05, 0.1) is 0 Å². The number of nitrogen functional groups attached to an aromatic ring is 1. The summed E-state index contributed by atoms with van der Waals surface area (Å²) in [6.45, 7) is 1.54. The molecule has 0 aliphatic heterocycles. The van der Waals surface area contributed by atoms with Gasteiger partial charge in [-0.15, -0.1) is 0 Å². The molecule has 52 heavy (non-hydrogen) atoms. The van der Waals surface area contributed by atoms with Gasteiger partial charge in [0, 0.05) is 50.9 Å². The first-order chi connectivity index (χ1) is 24.7. The predicted molar refractivity (Wildman–Crippen MR) is 234 cm³/mol. The summed E-state index contributed by atoms with van der Waals surface area (Å²) in [6, 6.07) is 31.7. The number of aromatic nitrogens is 5. The molecule has 4 heterocycles. The molecule has 0 saturated heterocycles. The third-order valence-electron chi connectivity index (χ3n) is 6.24. The van der Waals surface area contributed by atoms with Crippen molar-refractivity contribution < 1.29 is 0 Å². The number of pyridine rings is 3. The molecular formula is C37H41Br3N10S2. The number of imidazole rings is 1. The van der Waals surface area contributed by atoms with Gasteiger partial charge in [0.2, 0.25) is 0 Å². The first kappa shape index (κ1) is 44.0. The molecule has 0 radical (unpaired) electrons. The highest BCUT2D eigenvalue weighted by molar-refractivity contribution is 9.11. The summed E-state index contributed by atoms with van der Waals surface area (Å²) in [5.74, 6) is 1.99. The van der Waals surface area contributed by atoms with Crippen molar-refractivity contribution >= 4 is 99.9 Å². The highest BCUT2D eigenvalue weighted by Gasteiger charge is 2.01. The molecule has 0 fully saturated rings. The first-order valence-corrected chi connectivity index (χ1v) is 18.6. The number of thiocarbonyl (C=S) groups is 2. The summed E-state index contributed by atoms with van der Waals surface area (Å²) in [4.78, 5) is 16.1. The van der Waals surface area contributed by atoms with E-state index in [0.717, 1.165) is 45.2 Å². The molecule has 0 aliphatic rings. The van der Waals surface area contributed by atoms with Crippen LogP contribution in [0.15, 0.2) is 148 Å². The minimum Gasteiger partial charge on any atom is -0.384 e. The van der Waals surface area contributed by atoms with Crippen molar-refractivity contribution in [3.63, 3.8) is 0 Å². The van der Waals surface area contributed by atoms with Crippen LogP contribution in [0, 0.1) is 0 Å². The van der Waals surface area contributed by atoms with Gasteiger partial charge >= 0.3 is 0 Å². The van der Waals surface area contributed by atoms with Crippen LogP contribution in [0.5, 0.6) is 0 Å². The van der Waals surface area contributed by atoms with Crippen LogP contribution in [0.25, 0.3) is 0 Å². The molecule has 0 saturated carbocycles. The topological polar surface area (TPSA) is 145 Å². The van der Waals surface area contributed by atoms with Gasteiger partial charge in [0.25, 0.3) is 0 Å². The molecule has 0 atom stereocenters. The molecule has 10 nitrogen and oxygen atoms in total. The summed E-state index contributed by atoms with van der Waals surface area (Å²) in [5.41, 5.74) is 13.3. The molecule has 0 aliphatic carbocycles. The maximum atomic E-state index is 5.36. The average Bonchev–Trinajstić information content (AvgIpc) is 3.69. The lowest BCUT2D eigenvalue weighted by Crippen LogP contribution is -2.30. The zero-order valence-corrected chi connectivity index (χ0v) is 33.8. The van der Waals surface area contributed by atoms with Gasteiger partial charge in [-0.05, 0) is 139 Å². The fourth-order valence-corrected chi connectivity index (χ4v) is 4.90. The number of nitrogens with zero attached hydrogens (tertiary/aromatic N) is 5. The van der Waals surface area contributed by atoms with Crippen LogP contribution >= 0.6 is 72.2 Å². The third kappa shape index (κ3) is 18.9. The summed E-state index contributed by atoms with van der Waals surface area (Å²) in [5, 5.41) is 10.3. The van der Waals surface area contributed by atoms with Crippen molar-refractivity contribution in [2.24, 2.45) is 5.73 Å². The summed E-state index contributed by atoms with van der Waals surface area (Å²) in [6.07, 6.45) is 12.1. The molecule has 0 amide bonds. The van der Waals surface area contributed by atoms with Crippen molar-refractivity contribution in [1.82, 2.24) is 29.8 Å². The fraction of sp³-hybridized carbons (Fsp3) is 0.135. The molecule has 0 bridgehead atoms. The van der Waals surface area contributed by atoms with Gasteiger partial charge in [-0.2, -0.15) is 0 Å². The molecule has 4 aromatic heterocycles. The molecule has 6 rings (SSSR count). The number of benzene rings is 2. The smallest absolute Gasteiger partial charge is 0.184 e. The third-order valence-corrected chi connectivity index (χ3v) is 8.20. The van der Waals surface area contributed by atoms with E-state index in [1.807, 2.05) is 66.7 Å². The van der Waals surface area contributed by atoms with Gasteiger partial charge in [0.1, 0.15) is 23.8 Å². The molecule has 0 unspecified atom stereocenters. The Balaban J connectivity index is 0.000000253. The Morgan fingerprint density at radius 3 is 1.63 bits per heavy atom. The lowest BCUT2D eigenvalue weighted by molar-refractivity contribution is 0.873. The van der Waals surface area contributed by atoms with Gasteiger partial charge in [0.15, 0.2) is 10.2 Å². The number of rotatable bonds is 7. The van der Waals surface area contributed by atoms with Crippen LogP contribution in [0.4, 0.5) is 17.5 Å². The van der Waals surface area contributed by atoms with Gasteiger partial charge in [-0.3, -0.25) is 4.57 Å². The van der Waals surface area contributed by atoms with E-state index in [1.165, 1.54) is 11.1 Å². The predicted octanol–water partition coefficient (Wildman–Crippen LogP) is 8.91. The minimum atomic E-state index is 0. The second-order valence-corrected chi connectivity index (χ2v) is 13.7. The number of nitrogens with one attached hydrogen (secondary N) is 3. The fourth-order valence-electron chi connectivity index (χ4n) is 3.78. The lowest BCUT2D eigenvalue weighted by Gasteiger charge is -2.09. The van der Waals surface area contributed by atoms with Crippen molar-refractivity contribution in [2.75, 3.05) is 29.5 Å². The summed E-state index contributed by atoms with van der Waals surface area (Å²) in [7, 11) is 0. The van der Waals surface area contributed by atoms with E-state index in [1.54, 1.807) is 47.9 Å². The van der Waals surface area contributed by atoms with Gasteiger partial charge in [-0.1, -0.05) is 68.1 Å². The van der Waals surface area contributed by atoms with Crippen LogP contribution in [0.3, 0.4) is 0 Å². The van der Waals surface area contributed by atoms with Crippen LogP contribution in [0.1, 0.15) is 18.6 Å². The van der Waals surface area contributed by atoms with Crippen LogP contribution < -0.4 is 27.4 Å². The number of halogens is 3. The number of anilines is 3. The Kier molecular flexibility index (Phi) is 21.8. The highest BCUT2D eigenvalue weighted by atomic mass is 79.9. The Morgan fingerprint density at radius 2 is 1.19 bits per heavy atom. The van der Waals surface area contributed by atoms with Crippen LogP contribution in [0.2, 0.25) is 0 Å². The zero-order valence-electron chi connectivity index (χ0n) is 27.4. The van der Waals surface area contributed by atoms with Gasteiger partial charge < -0.3 is 27.4 Å². The summed E-state index contributed by atoms with van der Waals surface area (Å²) < 4.78 is 4.54.